The van der Waals surface area contributed by atoms with Crippen LogP contribution < -0.4 is 22.3 Å². The van der Waals surface area contributed by atoms with Crippen LogP contribution >= 0.6 is 0 Å². The molecule has 368 valence electrons. The van der Waals surface area contributed by atoms with Crippen molar-refractivity contribution in [3.05, 3.63) is 162 Å². The molecular weight excluding hydrogens is 837 g/mol. The molecule has 0 unspecified atom stereocenters. The highest BCUT2D eigenvalue weighted by atomic mass is 16.6. The van der Waals surface area contributed by atoms with E-state index in [-0.39, 0.29) is 23.5 Å². The number of ether oxygens (including phenoxy) is 2. The van der Waals surface area contributed by atoms with Crippen molar-refractivity contribution in [1.82, 2.24) is 9.80 Å². The molecule has 0 saturated carbocycles. The number of likely N-dealkylation sites (tertiary alicyclic amines) is 2. The summed E-state index contributed by atoms with van der Waals surface area (Å²) in [6.07, 6.45) is 3.94. The van der Waals surface area contributed by atoms with Gasteiger partial charge in [0.2, 0.25) is 0 Å². The molecule has 0 bridgehead atoms. The van der Waals surface area contributed by atoms with Gasteiger partial charge in [-0.05, 0) is 72.7 Å². The minimum atomic E-state index is -0.289. The van der Waals surface area contributed by atoms with E-state index in [1.807, 2.05) is 195 Å². The van der Waals surface area contributed by atoms with E-state index in [1.54, 1.807) is 4.90 Å². The Morgan fingerprint density at radius 1 is 0.597 bits per heavy atom. The number of nitrogen functional groups attached to an aromatic ring is 2. The van der Waals surface area contributed by atoms with Gasteiger partial charge in [0.25, 0.3) is 0 Å². The molecule has 2 amide bonds. The molecule has 3 aliphatic rings. The average Bonchev–Trinajstić information content (AvgIpc) is 3.78. The number of hydrogen-bond donors (Lipinski definition) is 4. The lowest BCUT2D eigenvalue weighted by molar-refractivity contribution is -0.112. The van der Waals surface area contributed by atoms with E-state index in [0.29, 0.717) is 26.3 Å². The third-order valence-electron chi connectivity index (χ3n) is 10.2. The first-order valence-corrected chi connectivity index (χ1v) is 24.4. The number of nitrogens with zero attached hydrogens (tertiary/aromatic N) is 2. The Bertz CT molecular complexity index is 1920. The minimum absolute atomic E-state index is 0.100. The number of piperidine rings is 2. The molecule has 6 N–H and O–H groups in total. The highest BCUT2D eigenvalue weighted by molar-refractivity contribution is 5.69. The molecule has 1 spiro atoms. The fourth-order valence-corrected chi connectivity index (χ4v) is 6.85. The monoisotopic (exact) mass is 921 g/mol. The van der Waals surface area contributed by atoms with Gasteiger partial charge in [0, 0.05) is 61.1 Å². The molecule has 0 aliphatic carbocycles. The summed E-state index contributed by atoms with van der Waals surface area (Å²) in [6, 6.07) is 47.0. The molecule has 0 aromatic heterocycles. The van der Waals surface area contributed by atoms with Crippen LogP contribution in [0.3, 0.4) is 0 Å². The van der Waals surface area contributed by atoms with Gasteiger partial charge < -0.3 is 40.5 Å². The number of carbonyl (C=O) groups excluding carboxylic acids is 3. The molecule has 0 radical (unpaired) electrons. The topological polar surface area (TPSA) is 152 Å². The van der Waals surface area contributed by atoms with Crippen molar-refractivity contribution in [2.45, 2.75) is 114 Å². The lowest BCUT2D eigenvalue weighted by Crippen LogP contribution is -2.46. The van der Waals surface area contributed by atoms with Crippen LogP contribution in [0.1, 0.15) is 112 Å². The Morgan fingerprint density at radius 2 is 0.985 bits per heavy atom. The third kappa shape index (κ3) is 23.1. The van der Waals surface area contributed by atoms with Crippen LogP contribution in [0.5, 0.6) is 0 Å². The fourth-order valence-electron chi connectivity index (χ4n) is 6.85. The molecule has 11 nitrogen and oxygen atoms in total. The lowest BCUT2D eigenvalue weighted by atomic mass is 9.74. The molecule has 67 heavy (non-hydrogen) atoms. The summed E-state index contributed by atoms with van der Waals surface area (Å²) in [5.41, 5.74) is 14.5. The van der Waals surface area contributed by atoms with E-state index >= 15 is 0 Å². The standard InChI is InChI=1S/C20H22N2O2.C14H17NO3.C6H8N2.C6H7N.5C2H6/c23-19(24-14-16-6-2-1-3-7-16)22-12-10-20(11-13-22)15-21-18-9-5-4-8-17(18)20;16-10-12-6-8-15(9-7-12)14(17)18-11-13-4-2-1-3-5-13;7-8-6-4-2-1-3-5-6;7-6-4-2-1-3-5-6;5*1-2/h1-9,21H,10-15H2;1-5,10,12H,6-9,11H2;1-5,8H,7H2;1-5H,7H2;5*1-2H3. The zero-order valence-corrected chi connectivity index (χ0v) is 42.4. The van der Waals surface area contributed by atoms with E-state index in [0.717, 1.165) is 74.1 Å². The second-order valence-corrected chi connectivity index (χ2v) is 14.1. The first-order chi connectivity index (χ1) is 32.9. The average molecular weight is 921 g/mol. The van der Waals surface area contributed by atoms with Crippen LogP contribution in [0.2, 0.25) is 0 Å². The van der Waals surface area contributed by atoms with E-state index in [4.69, 9.17) is 21.1 Å². The summed E-state index contributed by atoms with van der Waals surface area (Å²) in [4.78, 5) is 38.2. The quantitative estimate of drug-likeness (QED) is 0.0564. The summed E-state index contributed by atoms with van der Waals surface area (Å²) >= 11 is 0. The number of nitrogens with one attached hydrogen (secondary N) is 2. The van der Waals surface area contributed by atoms with Crippen LogP contribution in [0.4, 0.5) is 26.7 Å². The van der Waals surface area contributed by atoms with Crippen molar-refractivity contribution < 1.29 is 23.9 Å². The van der Waals surface area contributed by atoms with Gasteiger partial charge in [-0.25, -0.2) is 9.59 Å². The van der Waals surface area contributed by atoms with E-state index in [2.05, 4.69) is 35.0 Å². The maximum atomic E-state index is 12.3. The molecule has 3 aliphatic heterocycles. The van der Waals surface area contributed by atoms with Gasteiger partial charge in [0.15, 0.2) is 0 Å². The summed E-state index contributed by atoms with van der Waals surface area (Å²) in [6.45, 7) is 24.3. The van der Waals surface area contributed by atoms with Crippen LogP contribution in [0.15, 0.2) is 146 Å². The predicted octanol–water partition coefficient (Wildman–Crippen LogP) is 13.4. The number of carbonyl (C=O) groups is 3. The number of rotatable bonds is 6. The van der Waals surface area contributed by atoms with Crippen molar-refractivity contribution in [2.75, 3.05) is 49.2 Å². The largest absolute Gasteiger partial charge is 0.445 e. The second-order valence-electron chi connectivity index (χ2n) is 14.1. The Morgan fingerprint density at radius 3 is 1.37 bits per heavy atom. The molecule has 11 heteroatoms. The number of hydrazine groups is 1. The molecule has 0 atom stereocenters. The smallest absolute Gasteiger partial charge is 0.410 e. The van der Waals surface area contributed by atoms with Gasteiger partial charge in [-0.1, -0.05) is 184 Å². The zero-order valence-electron chi connectivity index (χ0n) is 42.4. The Balaban J connectivity index is 0.000000888. The summed E-state index contributed by atoms with van der Waals surface area (Å²) in [5, 5.41) is 3.52. The maximum Gasteiger partial charge on any atom is 0.410 e. The number of para-hydroxylation sites is 3. The van der Waals surface area contributed by atoms with Crippen molar-refractivity contribution >= 4 is 35.5 Å². The number of aldehydes is 1. The third-order valence-corrected chi connectivity index (χ3v) is 10.2. The Hall–Kier alpha value is -6.33. The maximum absolute atomic E-state index is 12.3. The van der Waals surface area contributed by atoms with Crippen molar-refractivity contribution in [2.24, 2.45) is 11.8 Å². The number of fused-ring (bicyclic) bond motifs is 2. The van der Waals surface area contributed by atoms with Crippen LogP contribution in [0.25, 0.3) is 0 Å². The summed E-state index contributed by atoms with van der Waals surface area (Å²) in [5.74, 6) is 5.20. The molecule has 3 heterocycles. The molecular formula is C56H84N6O5. The lowest BCUT2D eigenvalue weighted by Gasteiger charge is -2.38. The highest BCUT2D eigenvalue weighted by Gasteiger charge is 2.42. The van der Waals surface area contributed by atoms with Crippen LogP contribution in [0, 0.1) is 5.92 Å². The highest BCUT2D eigenvalue weighted by Crippen LogP contribution is 2.43. The fraction of sp³-hybridized carbons (Fsp3) is 0.411. The number of amides is 2. The van der Waals surface area contributed by atoms with Crippen LogP contribution in [-0.2, 0) is 32.9 Å². The number of anilines is 3. The molecule has 5 aromatic rings. The van der Waals surface area contributed by atoms with Crippen molar-refractivity contribution in [3.63, 3.8) is 0 Å². The predicted molar refractivity (Wildman–Crippen MR) is 283 cm³/mol. The number of hydrogen-bond acceptors (Lipinski definition) is 9. The van der Waals surface area contributed by atoms with Crippen molar-refractivity contribution in [1.29, 1.82) is 0 Å². The number of benzene rings is 5. The SMILES string of the molecule is CC.CC.CC.CC.CC.NNc1ccccc1.Nc1ccccc1.O=C(OCc1ccccc1)N1CCC2(CC1)CNc1ccccc12.O=CC1CCN(C(=O)OCc2ccccc2)CC1. The van der Waals surface area contributed by atoms with Crippen LogP contribution in [-0.4, -0.2) is 61.0 Å². The van der Waals surface area contributed by atoms with Gasteiger partial charge in [-0.15, -0.1) is 0 Å². The normalized spacial score (nSPS) is 13.2. The van der Waals surface area contributed by atoms with Gasteiger partial charge in [-0.2, -0.15) is 0 Å². The van der Waals surface area contributed by atoms with Gasteiger partial charge in [-0.3, -0.25) is 5.84 Å². The molecule has 5 aromatic carbocycles. The minimum Gasteiger partial charge on any atom is -0.445 e. The second kappa shape index (κ2) is 38.9. The Kier molecular flexibility index (Phi) is 35.2. The van der Waals surface area contributed by atoms with E-state index in [1.165, 1.54) is 11.3 Å². The molecule has 2 saturated heterocycles. The number of nitrogens with two attached hydrogens (primary N) is 2. The van der Waals surface area contributed by atoms with Gasteiger partial charge in [0.1, 0.15) is 19.5 Å². The summed E-state index contributed by atoms with van der Waals surface area (Å²) in [7, 11) is 0. The van der Waals surface area contributed by atoms with Gasteiger partial charge in [0.05, 0.1) is 0 Å². The van der Waals surface area contributed by atoms with E-state index < -0.39 is 0 Å². The molecule has 8 rings (SSSR count). The Labute approximate surface area is 404 Å². The first-order valence-electron chi connectivity index (χ1n) is 24.4. The zero-order chi connectivity index (χ0) is 50.1. The summed E-state index contributed by atoms with van der Waals surface area (Å²) < 4.78 is 10.7. The van der Waals surface area contributed by atoms with E-state index in [9.17, 15) is 14.4 Å². The first kappa shape index (κ1) is 60.7. The van der Waals surface area contributed by atoms with Crippen molar-refractivity contribution in [3.8, 4) is 0 Å². The van der Waals surface area contributed by atoms with Gasteiger partial charge >= 0.3 is 12.2 Å². The molecule has 2 fully saturated rings.